The molecule has 0 amide bonds. The molecule has 0 aliphatic carbocycles. The highest BCUT2D eigenvalue weighted by molar-refractivity contribution is 4.98. The van der Waals surface area contributed by atoms with Gasteiger partial charge in [-0.2, -0.15) is 18.4 Å². The van der Waals surface area contributed by atoms with E-state index >= 15 is 0 Å². The van der Waals surface area contributed by atoms with Gasteiger partial charge in [-0.25, -0.2) is 9.97 Å². The number of rotatable bonds is 4. The first-order chi connectivity index (χ1) is 7.54. The maximum Gasteiger partial charge on any atom is 0.405 e. The Kier molecular flexibility index (Phi) is 4.19. The number of nitriles is 1. The van der Waals surface area contributed by atoms with E-state index in [-0.39, 0.29) is 6.54 Å². The van der Waals surface area contributed by atoms with Crippen molar-refractivity contribution in [2.24, 2.45) is 5.92 Å². The number of halogens is 3. The van der Waals surface area contributed by atoms with E-state index in [1.165, 1.54) is 18.6 Å². The zero-order chi connectivity index (χ0) is 12.0. The molecule has 86 valence electrons. The fourth-order valence-corrected chi connectivity index (χ4v) is 1.00. The first kappa shape index (κ1) is 12.4. The van der Waals surface area contributed by atoms with Gasteiger partial charge in [-0.15, -0.1) is 0 Å². The lowest BCUT2D eigenvalue weighted by molar-refractivity contribution is -0.157. The van der Waals surface area contributed by atoms with Gasteiger partial charge in [-0.05, 0) is 6.07 Å². The molecule has 0 aliphatic heterocycles. The van der Waals surface area contributed by atoms with Gasteiger partial charge in [0.25, 0.3) is 0 Å². The molecule has 0 aliphatic rings. The molecule has 0 saturated heterocycles. The van der Waals surface area contributed by atoms with Gasteiger partial charge < -0.3 is 5.32 Å². The molecule has 1 rings (SSSR count). The Hall–Kier alpha value is -1.68. The highest BCUT2D eigenvalue weighted by Crippen LogP contribution is 2.24. The van der Waals surface area contributed by atoms with Crippen LogP contribution in [0.15, 0.2) is 18.6 Å². The molecule has 1 aromatic rings. The molecule has 1 aromatic heterocycles. The Morgan fingerprint density at radius 3 is 2.75 bits per heavy atom. The Labute approximate surface area is 90.1 Å². The Morgan fingerprint density at radius 2 is 2.25 bits per heavy atom. The Bertz CT molecular complexity index is 357. The van der Waals surface area contributed by atoms with Crippen molar-refractivity contribution in [2.45, 2.75) is 12.7 Å². The number of hydrogen-bond donors (Lipinski definition) is 1. The first-order valence-electron chi connectivity index (χ1n) is 4.46. The van der Waals surface area contributed by atoms with Gasteiger partial charge in [0.2, 0.25) is 0 Å². The summed E-state index contributed by atoms with van der Waals surface area (Å²) >= 11 is 0. The average molecular weight is 230 g/mol. The summed E-state index contributed by atoms with van der Waals surface area (Å²) in [5.41, 5.74) is 0.578. The van der Waals surface area contributed by atoms with Crippen LogP contribution in [0.25, 0.3) is 0 Å². The van der Waals surface area contributed by atoms with Crippen LogP contribution in [0, 0.1) is 17.2 Å². The number of aromatic nitrogens is 2. The molecule has 1 atom stereocenters. The molecule has 1 heterocycles. The van der Waals surface area contributed by atoms with Crippen molar-refractivity contribution in [1.29, 1.82) is 5.26 Å². The van der Waals surface area contributed by atoms with E-state index in [9.17, 15) is 13.2 Å². The molecule has 0 aromatic carbocycles. The molecule has 0 radical (unpaired) electrons. The van der Waals surface area contributed by atoms with Crippen LogP contribution in [0.5, 0.6) is 0 Å². The van der Waals surface area contributed by atoms with E-state index in [0.717, 1.165) is 0 Å². The fraction of sp³-hybridized carbons (Fsp3) is 0.444. The lowest BCUT2D eigenvalue weighted by atomic mass is 10.1. The predicted octanol–water partition coefficient (Wildman–Crippen LogP) is 1.27. The van der Waals surface area contributed by atoms with E-state index in [4.69, 9.17) is 5.26 Å². The van der Waals surface area contributed by atoms with Crippen LogP contribution in [0.1, 0.15) is 5.69 Å². The molecule has 0 spiro atoms. The third-order valence-electron chi connectivity index (χ3n) is 1.85. The second kappa shape index (κ2) is 5.42. The Morgan fingerprint density at radius 1 is 1.50 bits per heavy atom. The van der Waals surface area contributed by atoms with Crippen LogP contribution in [0.2, 0.25) is 0 Å². The van der Waals surface area contributed by atoms with Crippen molar-refractivity contribution in [2.75, 3.05) is 6.54 Å². The predicted molar refractivity (Wildman–Crippen MR) is 48.9 cm³/mol. The molecule has 16 heavy (non-hydrogen) atoms. The minimum absolute atomic E-state index is 0.177. The third kappa shape index (κ3) is 3.82. The van der Waals surface area contributed by atoms with Gasteiger partial charge >= 0.3 is 6.18 Å². The van der Waals surface area contributed by atoms with Gasteiger partial charge in [0.15, 0.2) is 5.92 Å². The van der Waals surface area contributed by atoms with Crippen molar-refractivity contribution < 1.29 is 13.2 Å². The van der Waals surface area contributed by atoms with Crippen molar-refractivity contribution in [3.05, 3.63) is 24.3 Å². The molecule has 1 N–H and O–H groups in total. The van der Waals surface area contributed by atoms with E-state index < -0.39 is 18.6 Å². The lowest BCUT2D eigenvalue weighted by Gasteiger charge is -2.13. The van der Waals surface area contributed by atoms with Gasteiger partial charge in [0.1, 0.15) is 6.33 Å². The molecular weight excluding hydrogens is 221 g/mol. The standard InChI is InChI=1S/C9H9F3N4/c10-9(11,12)7(3-13)4-15-5-8-1-2-14-6-16-8/h1-2,6-7,15H,4-5H2. The third-order valence-corrected chi connectivity index (χ3v) is 1.85. The number of alkyl halides is 3. The zero-order valence-corrected chi connectivity index (χ0v) is 8.20. The zero-order valence-electron chi connectivity index (χ0n) is 8.20. The SMILES string of the molecule is N#CC(CNCc1ccncn1)C(F)(F)F. The van der Waals surface area contributed by atoms with Crippen molar-refractivity contribution in [1.82, 2.24) is 15.3 Å². The molecule has 4 nitrogen and oxygen atoms in total. The maximum absolute atomic E-state index is 12.2. The highest BCUT2D eigenvalue weighted by atomic mass is 19.4. The topological polar surface area (TPSA) is 61.6 Å². The number of nitrogens with zero attached hydrogens (tertiary/aromatic N) is 3. The van der Waals surface area contributed by atoms with Crippen molar-refractivity contribution >= 4 is 0 Å². The Balaban J connectivity index is 2.39. The highest BCUT2D eigenvalue weighted by Gasteiger charge is 2.39. The first-order valence-corrected chi connectivity index (χ1v) is 4.46. The number of hydrogen-bond acceptors (Lipinski definition) is 4. The van der Waals surface area contributed by atoms with Crippen LogP contribution < -0.4 is 5.32 Å². The summed E-state index contributed by atoms with van der Waals surface area (Å²) in [6, 6.07) is 2.79. The van der Waals surface area contributed by atoms with Crippen LogP contribution in [-0.2, 0) is 6.54 Å². The summed E-state index contributed by atoms with van der Waals surface area (Å²) in [4.78, 5) is 7.50. The summed E-state index contributed by atoms with van der Waals surface area (Å²) < 4.78 is 36.5. The molecule has 0 fully saturated rings. The van der Waals surface area contributed by atoms with E-state index in [2.05, 4.69) is 15.3 Å². The number of nitrogens with one attached hydrogen (secondary N) is 1. The van der Waals surface area contributed by atoms with Crippen molar-refractivity contribution in [3.8, 4) is 6.07 Å². The molecule has 1 unspecified atom stereocenters. The summed E-state index contributed by atoms with van der Waals surface area (Å²) in [5.74, 6) is -1.99. The molecule has 7 heteroatoms. The molecular formula is C9H9F3N4. The summed E-state index contributed by atoms with van der Waals surface area (Å²) in [7, 11) is 0. The van der Waals surface area contributed by atoms with Gasteiger partial charge in [0, 0.05) is 19.3 Å². The monoisotopic (exact) mass is 230 g/mol. The van der Waals surface area contributed by atoms with Crippen LogP contribution >= 0.6 is 0 Å². The fourth-order valence-electron chi connectivity index (χ4n) is 1.00. The second-order valence-electron chi connectivity index (χ2n) is 3.05. The minimum Gasteiger partial charge on any atom is -0.309 e. The van der Waals surface area contributed by atoms with Crippen LogP contribution in [-0.4, -0.2) is 22.7 Å². The van der Waals surface area contributed by atoms with E-state index in [1.54, 1.807) is 6.07 Å². The normalized spacial score (nSPS) is 13.1. The van der Waals surface area contributed by atoms with Crippen LogP contribution in [0.3, 0.4) is 0 Å². The van der Waals surface area contributed by atoms with Gasteiger partial charge in [0.05, 0.1) is 11.8 Å². The van der Waals surface area contributed by atoms with Crippen LogP contribution in [0.4, 0.5) is 13.2 Å². The molecule has 0 bridgehead atoms. The quantitative estimate of drug-likeness (QED) is 0.846. The lowest BCUT2D eigenvalue weighted by Crippen LogP contribution is -2.32. The van der Waals surface area contributed by atoms with E-state index in [1.807, 2.05) is 0 Å². The smallest absolute Gasteiger partial charge is 0.309 e. The average Bonchev–Trinajstić information content (AvgIpc) is 2.24. The van der Waals surface area contributed by atoms with Gasteiger partial charge in [-0.3, -0.25) is 0 Å². The minimum atomic E-state index is -4.49. The van der Waals surface area contributed by atoms with Crippen molar-refractivity contribution in [3.63, 3.8) is 0 Å². The van der Waals surface area contributed by atoms with E-state index in [0.29, 0.717) is 5.69 Å². The summed E-state index contributed by atoms with van der Waals surface area (Å²) in [6.07, 6.45) is -1.69. The maximum atomic E-state index is 12.2. The largest absolute Gasteiger partial charge is 0.405 e. The molecule has 0 saturated carbocycles. The second-order valence-corrected chi connectivity index (χ2v) is 3.05. The summed E-state index contributed by atoms with van der Waals surface area (Å²) in [5, 5.41) is 10.8. The summed E-state index contributed by atoms with van der Waals surface area (Å²) in [6.45, 7) is -0.263. The van der Waals surface area contributed by atoms with Gasteiger partial charge in [-0.1, -0.05) is 0 Å².